The third kappa shape index (κ3) is 3.51. The average molecular weight is 293 g/mol. The largest absolute Gasteiger partial charge is 0.490 e. The molecule has 0 bridgehead atoms. The van der Waals surface area contributed by atoms with Crippen LogP contribution in [0.25, 0.3) is 0 Å². The minimum atomic E-state index is -4.39. The number of morpholine rings is 1. The summed E-state index contributed by atoms with van der Waals surface area (Å²) in [6.07, 6.45) is -5.04. The zero-order valence-electron chi connectivity index (χ0n) is 10.8. The highest BCUT2D eigenvalue weighted by molar-refractivity contribution is 5.17. The van der Waals surface area contributed by atoms with E-state index < -0.39 is 12.3 Å². The lowest BCUT2D eigenvalue weighted by atomic mass is 10.2. The molecule has 0 amide bonds. The molecule has 1 saturated heterocycles. The second kappa shape index (κ2) is 5.84. The van der Waals surface area contributed by atoms with Gasteiger partial charge in [-0.3, -0.25) is 9.69 Å². The van der Waals surface area contributed by atoms with Crippen molar-refractivity contribution in [1.29, 1.82) is 0 Å². The van der Waals surface area contributed by atoms with Crippen molar-refractivity contribution in [1.82, 2.24) is 4.90 Å². The van der Waals surface area contributed by atoms with Gasteiger partial charge in [0.2, 0.25) is 11.2 Å². The summed E-state index contributed by atoms with van der Waals surface area (Å²) in [4.78, 5) is 13.1. The lowest BCUT2D eigenvalue weighted by Gasteiger charge is -2.33. The molecule has 0 spiro atoms. The van der Waals surface area contributed by atoms with Gasteiger partial charge in [-0.1, -0.05) is 0 Å². The molecular weight excluding hydrogens is 279 g/mol. The normalized spacial score (nSPS) is 20.9. The van der Waals surface area contributed by atoms with Crippen molar-refractivity contribution >= 4 is 0 Å². The van der Waals surface area contributed by atoms with Crippen molar-refractivity contribution < 1.29 is 27.1 Å². The number of methoxy groups -OCH3 is 1. The number of hydrogen-bond donors (Lipinski definition) is 0. The molecule has 0 unspecified atom stereocenters. The minimum absolute atomic E-state index is 0.00936. The molecule has 8 heteroatoms. The Kier molecular flexibility index (Phi) is 4.34. The molecule has 0 radical (unpaired) electrons. The molecule has 0 saturated carbocycles. The number of halogens is 3. The maximum absolute atomic E-state index is 12.6. The van der Waals surface area contributed by atoms with Crippen LogP contribution in [0.15, 0.2) is 21.5 Å². The van der Waals surface area contributed by atoms with Gasteiger partial charge in [-0.15, -0.1) is 0 Å². The van der Waals surface area contributed by atoms with Crippen LogP contribution < -0.4 is 10.2 Å². The first-order valence-corrected chi connectivity index (χ1v) is 5.96. The summed E-state index contributed by atoms with van der Waals surface area (Å²) in [5, 5.41) is 0. The quantitative estimate of drug-likeness (QED) is 0.843. The van der Waals surface area contributed by atoms with Crippen LogP contribution in [0.4, 0.5) is 13.2 Å². The minimum Gasteiger partial charge on any atom is -0.490 e. The maximum atomic E-state index is 12.6. The van der Waals surface area contributed by atoms with Crippen LogP contribution in [0.1, 0.15) is 5.76 Å². The molecule has 20 heavy (non-hydrogen) atoms. The van der Waals surface area contributed by atoms with Gasteiger partial charge in [0, 0.05) is 19.2 Å². The predicted octanol–water partition coefficient (Wildman–Crippen LogP) is 1.41. The summed E-state index contributed by atoms with van der Waals surface area (Å²) in [5.41, 5.74) is -0.366. The maximum Gasteiger partial charge on any atom is 0.415 e. The van der Waals surface area contributed by atoms with Gasteiger partial charge in [0.1, 0.15) is 12.0 Å². The molecule has 1 fully saturated rings. The highest BCUT2D eigenvalue weighted by Crippen LogP contribution is 2.26. The van der Waals surface area contributed by atoms with Crippen LogP contribution in [0, 0.1) is 0 Å². The van der Waals surface area contributed by atoms with E-state index >= 15 is 0 Å². The van der Waals surface area contributed by atoms with Crippen LogP contribution in [0.5, 0.6) is 5.75 Å². The van der Waals surface area contributed by atoms with Crippen LogP contribution in [0.2, 0.25) is 0 Å². The van der Waals surface area contributed by atoms with Crippen LogP contribution in [-0.4, -0.2) is 44.0 Å². The summed E-state index contributed by atoms with van der Waals surface area (Å²) in [5.74, 6) is 0.350. The predicted molar refractivity (Wildman–Crippen MR) is 62.6 cm³/mol. The van der Waals surface area contributed by atoms with E-state index in [2.05, 4.69) is 0 Å². The second-order valence-electron chi connectivity index (χ2n) is 4.42. The van der Waals surface area contributed by atoms with Gasteiger partial charge in [0.05, 0.1) is 20.3 Å². The number of alkyl halides is 3. The molecule has 5 nitrogen and oxygen atoms in total. The molecule has 2 rings (SSSR count). The van der Waals surface area contributed by atoms with Gasteiger partial charge < -0.3 is 13.9 Å². The van der Waals surface area contributed by atoms with E-state index in [1.807, 2.05) is 0 Å². The number of hydrogen-bond acceptors (Lipinski definition) is 5. The van der Waals surface area contributed by atoms with Crippen LogP contribution in [-0.2, 0) is 11.3 Å². The van der Waals surface area contributed by atoms with Gasteiger partial charge in [-0.2, -0.15) is 13.2 Å². The fourth-order valence-corrected chi connectivity index (χ4v) is 1.93. The standard InChI is InChI=1S/C12H14F3NO4/c1-18-10-7-20-8(4-9(10)17)5-16-2-3-19-11(6-16)12(13,14)15/h4,7,11H,2-3,5-6H2,1H3/t11-/m0/s1. The lowest BCUT2D eigenvalue weighted by Crippen LogP contribution is -2.48. The molecule has 1 aromatic rings. The first-order valence-electron chi connectivity index (χ1n) is 5.96. The molecule has 112 valence electrons. The Morgan fingerprint density at radius 1 is 1.50 bits per heavy atom. The summed E-state index contributed by atoms with van der Waals surface area (Å²) in [6, 6.07) is 1.22. The first-order chi connectivity index (χ1) is 9.40. The van der Waals surface area contributed by atoms with E-state index in [1.54, 1.807) is 0 Å². The van der Waals surface area contributed by atoms with Crippen molar-refractivity contribution in [3.05, 3.63) is 28.3 Å². The molecule has 1 aliphatic rings. The number of rotatable bonds is 3. The van der Waals surface area contributed by atoms with Gasteiger partial charge in [-0.05, 0) is 0 Å². The van der Waals surface area contributed by atoms with E-state index in [0.29, 0.717) is 12.3 Å². The highest BCUT2D eigenvalue weighted by atomic mass is 19.4. The molecule has 0 aromatic carbocycles. The van der Waals surface area contributed by atoms with Crippen molar-refractivity contribution in [2.24, 2.45) is 0 Å². The Morgan fingerprint density at radius 2 is 2.25 bits per heavy atom. The van der Waals surface area contributed by atoms with E-state index in [-0.39, 0.29) is 30.9 Å². The zero-order chi connectivity index (χ0) is 14.8. The Labute approximate surface area is 112 Å². The molecule has 2 heterocycles. The van der Waals surface area contributed by atoms with Gasteiger partial charge >= 0.3 is 6.18 Å². The summed E-state index contributed by atoms with van der Waals surface area (Å²) >= 11 is 0. The van der Waals surface area contributed by atoms with E-state index in [9.17, 15) is 18.0 Å². The van der Waals surface area contributed by atoms with E-state index in [4.69, 9.17) is 13.9 Å². The third-order valence-corrected chi connectivity index (χ3v) is 2.97. The molecule has 1 aromatic heterocycles. The van der Waals surface area contributed by atoms with Crippen LogP contribution >= 0.6 is 0 Å². The molecular formula is C12H14F3NO4. The molecule has 0 aliphatic carbocycles. The Hall–Kier alpha value is -1.54. The van der Waals surface area contributed by atoms with Gasteiger partial charge in [-0.25, -0.2) is 0 Å². The van der Waals surface area contributed by atoms with Crippen molar-refractivity contribution in [3.63, 3.8) is 0 Å². The molecule has 0 N–H and O–H groups in total. The van der Waals surface area contributed by atoms with Crippen molar-refractivity contribution in [2.45, 2.75) is 18.8 Å². The summed E-state index contributed by atoms with van der Waals surface area (Å²) < 4.78 is 52.3. The van der Waals surface area contributed by atoms with Gasteiger partial charge in [0.15, 0.2) is 6.10 Å². The van der Waals surface area contributed by atoms with Gasteiger partial charge in [0.25, 0.3) is 0 Å². The number of nitrogens with zero attached hydrogens (tertiary/aromatic N) is 1. The van der Waals surface area contributed by atoms with Crippen LogP contribution in [0.3, 0.4) is 0 Å². The third-order valence-electron chi connectivity index (χ3n) is 2.97. The number of ether oxygens (including phenoxy) is 2. The van der Waals surface area contributed by atoms with Crippen molar-refractivity contribution in [3.8, 4) is 5.75 Å². The fourth-order valence-electron chi connectivity index (χ4n) is 1.93. The second-order valence-corrected chi connectivity index (χ2v) is 4.42. The monoisotopic (exact) mass is 293 g/mol. The summed E-state index contributed by atoms with van der Waals surface area (Å²) in [7, 11) is 1.34. The molecule has 1 aliphatic heterocycles. The Bertz CT molecular complexity index is 514. The van der Waals surface area contributed by atoms with E-state index in [1.165, 1.54) is 18.1 Å². The van der Waals surface area contributed by atoms with Crippen molar-refractivity contribution in [2.75, 3.05) is 26.8 Å². The topological polar surface area (TPSA) is 51.9 Å². The molecule has 1 atom stereocenters. The zero-order valence-corrected chi connectivity index (χ0v) is 10.8. The van der Waals surface area contributed by atoms with E-state index in [0.717, 1.165) is 6.26 Å². The SMILES string of the molecule is COc1coc(CN2CCO[C@H](C(F)(F)F)C2)cc1=O. The average Bonchev–Trinajstić information content (AvgIpc) is 2.38. The first kappa shape index (κ1) is 14.9. The fraction of sp³-hybridized carbons (Fsp3) is 0.583. The smallest absolute Gasteiger partial charge is 0.415 e. The highest BCUT2D eigenvalue weighted by Gasteiger charge is 2.43. The lowest BCUT2D eigenvalue weighted by molar-refractivity contribution is -0.238. The summed E-state index contributed by atoms with van der Waals surface area (Å²) in [6.45, 7) is 0.182. The Morgan fingerprint density at radius 3 is 2.85 bits per heavy atom. The Balaban J connectivity index is 2.03.